The maximum absolute atomic E-state index is 11.8. The normalized spacial score (nSPS) is 11.1. The Morgan fingerprint density at radius 1 is 1.16 bits per heavy atom. The first-order chi connectivity index (χ1) is 8.95. The van der Waals surface area contributed by atoms with E-state index in [2.05, 4.69) is 36.4 Å². The number of para-hydroxylation sites is 1. The van der Waals surface area contributed by atoms with Crippen LogP contribution in [-0.4, -0.2) is 11.0 Å². The van der Waals surface area contributed by atoms with Crippen molar-refractivity contribution in [1.29, 1.82) is 0 Å². The van der Waals surface area contributed by atoms with Gasteiger partial charge in [-0.05, 0) is 12.1 Å². The fourth-order valence-electron chi connectivity index (χ4n) is 1.48. The van der Waals surface area contributed by atoms with Gasteiger partial charge in [0.05, 0.1) is 0 Å². The van der Waals surface area contributed by atoms with Crippen LogP contribution >= 0.6 is 11.3 Å². The summed E-state index contributed by atoms with van der Waals surface area (Å²) in [5, 5.41) is 8.34. The third-order valence-electron chi connectivity index (χ3n) is 2.42. The first kappa shape index (κ1) is 13.5. The van der Waals surface area contributed by atoms with Gasteiger partial charge in [-0.1, -0.05) is 39.0 Å². The van der Waals surface area contributed by atoms with Crippen LogP contribution in [0.5, 0.6) is 0 Å². The predicted molar refractivity (Wildman–Crippen MR) is 79.9 cm³/mol. The Morgan fingerprint density at radius 2 is 1.84 bits per heavy atom. The fraction of sp³-hybridized carbons (Fsp3) is 0.286. The first-order valence-electron chi connectivity index (χ1n) is 6.04. The van der Waals surface area contributed by atoms with Gasteiger partial charge in [-0.3, -0.25) is 5.32 Å². The molecule has 1 aromatic carbocycles. The number of aromatic nitrogens is 1. The fourth-order valence-corrected chi connectivity index (χ4v) is 2.32. The van der Waals surface area contributed by atoms with Gasteiger partial charge in [0.15, 0.2) is 0 Å². The molecule has 5 heteroatoms. The third-order valence-corrected chi connectivity index (χ3v) is 3.69. The summed E-state index contributed by atoms with van der Waals surface area (Å²) in [6, 6.07) is 9.03. The topological polar surface area (TPSA) is 54.0 Å². The maximum atomic E-state index is 11.8. The summed E-state index contributed by atoms with van der Waals surface area (Å²) in [6.45, 7) is 6.29. The van der Waals surface area contributed by atoms with Gasteiger partial charge in [0.2, 0.25) is 0 Å². The Hall–Kier alpha value is -1.88. The Bertz CT molecular complexity index is 558. The average molecular weight is 275 g/mol. The number of urea groups is 1. The molecule has 0 spiro atoms. The zero-order valence-electron chi connectivity index (χ0n) is 11.2. The van der Waals surface area contributed by atoms with E-state index >= 15 is 0 Å². The van der Waals surface area contributed by atoms with Crippen molar-refractivity contribution in [2.45, 2.75) is 26.2 Å². The van der Waals surface area contributed by atoms with Crippen molar-refractivity contribution in [1.82, 2.24) is 4.98 Å². The molecule has 2 N–H and O–H groups in total. The van der Waals surface area contributed by atoms with E-state index in [1.807, 2.05) is 35.7 Å². The lowest BCUT2D eigenvalue weighted by molar-refractivity contribution is 0.262. The summed E-state index contributed by atoms with van der Waals surface area (Å²) in [5.74, 6) is 0.586. The van der Waals surface area contributed by atoms with Gasteiger partial charge in [0, 0.05) is 16.5 Å². The molecule has 1 heterocycles. The van der Waals surface area contributed by atoms with Crippen LogP contribution in [0.15, 0.2) is 35.7 Å². The highest BCUT2D eigenvalue weighted by Crippen LogP contribution is 2.27. The van der Waals surface area contributed by atoms with E-state index in [9.17, 15) is 4.79 Å². The second-order valence-corrected chi connectivity index (χ2v) is 6.09. The molecule has 0 unspecified atom stereocenters. The van der Waals surface area contributed by atoms with Gasteiger partial charge in [-0.15, -0.1) is 11.3 Å². The van der Waals surface area contributed by atoms with E-state index in [4.69, 9.17) is 0 Å². The summed E-state index contributed by atoms with van der Waals surface area (Å²) in [5.41, 5.74) is 0.756. The highest BCUT2D eigenvalue weighted by molar-refractivity contribution is 7.10. The van der Waals surface area contributed by atoms with Crippen molar-refractivity contribution >= 4 is 28.9 Å². The lowest BCUT2D eigenvalue weighted by atomic mass is 9.98. The lowest BCUT2D eigenvalue weighted by Crippen LogP contribution is -2.20. The molecule has 2 amide bonds. The molecule has 19 heavy (non-hydrogen) atoms. The van der Waals surface area contributed by atoms with Crippen molar-refractivity contribution in [2.75, 3.05) is 10.6 Å². The molecule has 0 fully saturated rings. The largest absolute Gasteiger partial charge is 0.324 e. The van der Waals surface area contributed by atoms with Gasteiger partial charge >= 0.3 is 6.03 Å². The number of hydrogen-bond donors (Lipinski definition) is 2. The van der Waals surface area contributed by atoms with Crippen molar-refractivity contribution in [3.8, 4) is 0 Å². The van der Waals surface area contributed by atoms with Crippen molar-refractivity contribution < 1.29 is 4.79 Å². The Labute approximate surface area is 116 Å². The van der Waals surface area contributed by atoms with E-state index in [1.165, 1.54) is 0 Å². The van der Waals surface area contributed by atoms with Gasteiger partial charge < -0.3 is 5.32 Å². The van der Waals surface area contributed by atoms with Gasteiger partial charge in [-0.25, -0.2) is 9.78 Å². The van der Waals surface area contributed by atoms with E-state index in [0.29, 0.717) is 5.82 Å². The summed E-state index contributed by atoms with van der Waals surface area (Å²) in [7, 11) is 0. The number of carbonyl (C=O) groups is 1. The van der Waals surface area contributed by atoms with Crippen molar-refractivity contribution in [3.63, 3.8) is 0 Å². The number of carbonyl (C=O) groups excluding carboxylic acids is 1. The summed E-state index contributed by atoms with van der Waals surface area (Å²) >= 11 is 1.55. The summed E-state index contributed by atoms with van der Waals surface area (Å²) in [6.07, 6.45) is 0. The molecule has 0 saturated carbocycles. The van der Waals surface area contributed by atoms with Crippen LogP contribution in [0.25, 0.3) is 0 Å². The minimum absolute atomic E-state index is 0.000499. The van der Waals surface area contributed by atoms with E-state index in [-0.39, 0.29) is 11.4 Å². The molecule has 100 valence electrons. The number of thiazole rings is 1. The van der Waals surface area contributed by atoms with Gasteiger partial charge in [-0.2, -0.15) is 0 Å². The highest BCUT2D eigenvalue weighted by atomic mass is 32.1. The number of rotatable bonds is 2. The van der Waals surface area contributed by atoms with Crippen LogP contribution in [0.2, 0.25) is 0 Å². The molecular weight excluding hydrogens is 258 g/mol. The highest BCUT2D eigenvalue weighted by Gasteiger charge is 2.18. The number of amides is 2. The second-order valence-electron chi connectivity index (χ2n) is 5.23. The molecular formula is C14H17N3OS. The summed E-state index contributed by atoms with van der Waals surface area (Å²) in [4.78, 5) is 16.2. The van der Waals surface area contributed by atoms with Gasteiger partial charge in [0.1, 0.15) is 10.8 Å². The molecule has 0 aliphatic carbocycles. The molecule has 0 aliphatic heterocycles. The van der Waals surface area contributed by atoms with Crippen molar-refractivity contribution in [3.05, 3.63) is 40.7 Å². The SMILES string of the molecule is CC(C)(C)c1nc(NC(=O)Nc2ccccc2)cs1. The zero-order chi connectivity index (χ0) is 13.9. The minimum Gasteiger partial charge on any atom is -0.308 e. The smallest absolute Gasteiger partial charge is 0.308 e. The lowest BCUT2D eigenvalue weighted by Gasteiger charge is -2.13. The second kappa shape index (κ2) is 5.40. The molecule has 0 saturated heterocycles. The molecule has 2 aromatic rings. The molecule has 0 radical (unpaired) electrons. The molecule has 1 aromatic heterocycles. The monoisotopic (exact) mass is 275 g/mol. The van der Waals surface area contributed by atoms with Crippen molar-refractivity contribution in [2.24, 2.45) is 0 Å². The first-order valence-corrected chi connectivity index (χ1v) is 6.92. The number of nitrogens with one attached hydrogen (secondary N) is 2. The number of hydrogen-bond acceptors (Lipinski definition) is 3. The standard InChI is InChI=1S/C14H17N3OS/c1-14(2,3)12-16-11(9-19-12)17-13(18)15-10-7-5-4-6-8-10/h4-9H,1-3H3,(H2,15,17,18). The number of benzene rings is 1. The van der Waals surface area contributed by atoms with Crippen LogP contribution in [0.3, 0.4) is 0 Å². The van der Waals surface area contributed by atoms with E-state index in [1.54, 1.807) is 11.3 Å². The molecule has 0 atom stereocenters. The average Bonchev–Trinajstić information content (AvgIpc) is 2.78. The Morgan fingerprint density at radius 3 is 2.42 bits per heavy atom. The van der Waals surface area contributed by atoms with Gasteiger partial charge in [0.25, 0.3) is 0 Å². The summed E-state index contributed by atoms with van der Waals surface area (Å²) < 4.78 is 0. The van der Waals surface area contributed by atoms with E-state index in [0.717, 1.165) is 10.7 Å². The van der Waals surface area contributed by atoms with E-state index < -0.39 is 0 Å². The maximum Gasteiger partial charge on any atom is 0.324 e. The third kappa shape index (κ3) is 3.79. The molecule has 4 nitrogen and oxygen atoms in total. The number of nitrogens with zero attached hydrogens (tertiary/aromatic N) is 1. The van der Waals surface area contributed by atoms with Crippen LogP contribution < -0.4 is 10.6 Å². The Balaban J connectivity index is 1.98. The van der Waals surface area contributed by atoms with Crippen LogP contribution in [0.1, 0.15) is 25.8 Å². The quantitative estimate of drug-likeness (QED) is 0.867. The van der Waals surface area contributed by atoms with Crippen LogP contribution in [0, 0.1) is 0 Å². The number of anilines is 2. The molecule has 0 bridgehead atoms. The minimum atomic E-state index is -0.281. The van der Waals surface area contributed by atoms with Crippen LogP contribution in [0.4, 0.5) is 16.3 Å². The zero-order valence-corrected chi connectivity index (χ0v) is 12.0. The molecule has 0 aliphatic rings. The molecule has 2 rings (SSSR count). The predicted octanol–water partition coefficient (Wildman–Crippen LogP) is 4.08. The Kier molecular flexibility index (Phi) is 3.85. The van der Waals surface area contributed by atoms with Crippen LogP contribution in [-0.2, 0) is 5.41 Å².